The third-order valence-electron chi connectivity index (χ3n) is 6.03. The molecule has 1 atom stereocenters. The molecule has 0 bridgehead atoms. The van der Waals surface area contributed by atoms with Gasteiger partial charge < -0.3 is 24.3 Å². The summed E-state index contributed by atoms with van der Waals surface area (Å²) in [5.74, 6) is 1.92. The molecule has 3 aliphatic rings. The SMILES string of the molecule is CN1CCN(c2nc3ccccc3nc2N2CCN3C(=O)OCCC3C2)CC1. The third-order valence-corrected chi connectivity index (χ3v) is 6.03. The topological polar surface area (TPSA) is 65.0 Å². The molecule has 5 rings (SSSR count). The van der Waals surface area contributed by atoms with Gasteiger partial charge >= 0.3 is 6.09 Å². The summed E-state index contributed by atoms with van der Waals surface area (Å²) in [5.41, 5.74) is 1.85. The molecule has 1 aromatic carbocycles. The minimum atomic E-state index is -0.181. The fraction of sp³-hybridized carbons (Fsp3) is 0.550. The first-order valence-corrected chi connectivity index (χ1v) is 10.1. The van der Waals surface area contributed by atoms with Gasteiger partial charge in [-0.3, -0.25) is 0 Å². The molecule has 3 aliphatic heterocycles. The lowest BCUT2D eigenvalue weighted by molar-refractivity contribution is 0.0398. The summed E-state index contributed by atoms with van der Waals surface area (Å²) in [6, 6.07) is 8.25. The Labute approximate surface area is 164 Å². The minimum Gasteiger partial charge on any atom is -0.449 e. The van der Waals surface area contributed by atoms with Crippen molar-refractivity contribution in [2.45, 2.75) is 12.5 Å². The third kappa shape index (κ3) is 3.11. The fourth-order valence-electron chi connectivity index (χ4n) is 4.32. The van der Waals surface area contributed by atoms with Crippen LogP contribution >= 0.6 is 0 Å². The molecule has 1 amide bonds. The number of fused-ring (bicyclic) bond motifs is 2. The van der Waals surface area contributed by atoms with Crippen LogP contribution in [0.5, 0.6) is 0 Å². The molecule has 2 aromatic rings. The summed E-state index contributed by atoms with van der Waals surface area (Å²) in [5, 5.41) is 0. The molecule has 8 nitrogen and oxygen atoms in total. The molecule has 148 valence electrons. The number of hydrogen-bond donors (Lipinski definition) is 0. The molecule has 4 heterocycles. The highest BCUT2D eigenvalue weighted by Crippen LogP contribution is 2.31. The first kappa shape index (κ1) is 17.5. The Balaban J connectivity index is 1.50. The van der Waals surface area contributed by atoms with Gasteiger partial charge in [-0.25, -0.2) is 14.8 Å². The molecule has 1 aromatic heterocycles. The van der Waals surface area contributed by atoms with E-state index in [0.717, 1.165) is 68.4 Å². The molecule has 3 saturated heterocycles. The van der Waals surface area contributed by atoms with Crippen LogP contribution in [0.4, 0.5) is 16.4 Å². The van der Waals surface area contributed by atoms with Gasteiger partial charge in [0.15, 0.2) is 11.6 Å². The number of carbonyl (C=O) groups is 1. The lowest BCUT2D eigenvalue weighted by Crippen LogP contribution is -2.58. The van der Waals surface area contributed by atoms with Crippen molar-refractivity contribution in [1.29, 1.82) is 0 Å². The van der Waals surface area contributed by atoms with E-state index in [9.17, 15) is 4.79 Å². The average molecular weight is 382 g/mol. The molecule has 28 heavy (non-hydrogen) atoms. The van der Waals surface area contributed by atoms with Crippen LogP contribution < -0.4 is 9.80 Å². The van der Waals surface area contributed by atoms with Crippen LogP contribution in [0.15, 0.2) is 24.3 Å². The lowest BCUT2D eigenvalue weighted by Gasteiger charge is -2.44. The van der Waals surface area contributed by atoms with Crippen LogP contribution in [0.1, 0.15) is 6.42 Å². The Hall–Kier alpha value is -2.61. The number of hydrogen-bond acceptors (Lipinski definition) is 7. The van der Waals surface area contributed by atoms with Gasteiger partial charge in [0.05, 0.1) is 23.7 Å². The first-order valence-electron chi connectivity index (χ1n) is 10.1. The van der Waals surface area contributed by atoms with Gasteiger partial charge in [-0.1, -0.05) is 12.1 Å². The number of ether oxygens (including phenoxy) is 1. The maximum Gasteiger partial charge on any atom is 0.410 e. The van der Waals surface area contributed by atoms with Crippen molar-refractivity contribution in [2.24, 2.45) is 0 Å². The zero-order valence-electron chi connectivity index (χ0n) is 16.3. The molecule has 0 saturated carbocycles. The monoisotopic (exact) mass is 382 g/mol. The molecule has 1 unspecified atom stereocenters. The van der Waals surface area contributed by atoms with E-state index in [1.54, 1.807) is 0 Å². The smallest absolute Gasteiger partial charge is 0.410 e. The standard InChI is InChI=1S/C20H26N6O2/c1-23-7-9-24(10-8-23)18-19(22-17-5-3-2-4-16(17)21-18)25-11-12-26-15(14-25)6-13-28-20(26)27/h2-5,15H,6-14H2,1H3. The van der Waals surface area contributed by atoms with Crippen molar-refractivity contribution in [2.75, 3.05) is 69.3 Å². The number of anilines is 2. The summed E-state index contributed by atoms with van der Waals surface area (Å²) >= 11 is 0. The van der Waals surface area contributed by atoms with Gasteiger partial charge in [0.2, 0.25) is 0 Å². The summed E-state index contributed by atoms with van der Waals surface area (Å²) in [4.78, 5) is 31.0. The Bertz CT molecular complexity index is 882. The first-order chi connectivity index (χ1) is 13.7. The number of benzene rings is 1. The van der Waals surface area contributed by atoms with Gasteiger partial charge in [-0.05, 0) is 19.2 Å². The minimum absolute atomic E-state index is 0.181. The average Bonchev–Trinajstić information content (AvgIpc) is 2.73. The largest absolute Gasteiger partial charge is 0.449 e. The van der Waals surface area contributed by atoms with Crippen LogP contribution in [0.25, 0.3) is 11.0 Å². The highest BCUT2D eigenvalue weighted by molar-refractivity contribution is 5.81. The second-order valence-corrected chi connectivity index (χ2v) is 7.85. The normalized spacial score (nSPS) is 23.7. The quantitative estimate of drug-likeness (QED) is 0.778. The molecule has 0 N–H and O–H groups in total. The number of cyclic esters (lactones) is 1. The van der Waals surface area contributed by atoms with Gasteiger partial charge in [0.1, 0.15) is 0 Å². The predicted octanol–water partition coefficient (Wildman–Crippen LogP) is 1.41. The Kier molecular flexibility index (Phi) is 4.43. The van der Waals surface area contributed by atoms with Crippen molar-refractivity contribution in [1.82, 2.24) is 19.8 Å². The Morgan fingerprint density at radius 1 is 0.929 bits per heavy atom. The molecule has 3 fully saturated rings. The van der Waals surface area contributed by atoms with Crippen molar-refractivity contribution in [3.63, 3.8) is 0 Å². The van der Waals surface area contributed by atoms with Gasteiger partial charge in [-0.15, -0.1) is 0 Å². The number of nitrogens with zero attached hydrogens (tertiary/aromatic N) is 6. The zero-order chi connectivity index (χ0) is 19.1. The van der Waals surface area contributed by atoms with Crippen LogP contribution in [0, 0.1) is 0 Å². The molecular formula is C20H26N6O2. The summed E-state index contributed by atoms with van der Waals surface area (Å²) in [7, 11) is 2.16. The van der Waals surface area contributed by atoms with Crippen molar-refractivity contribution in [3.8, 4) is 0 Å². The number of piperazine rings is 2. The number of aromatic nitrogens is 2. The summed E-state index contributed by atoms with van der Waals surface area (Å²) in [6.45, 7) is 6.65. The van der Waals surface area contributed by atoms with Gasteiger partial charge in [-0.2, -0.15) is 0 Å². The van der Waals surface area contributed by atoms with Crippen LogP contribution in [0.2, 0.25) is 0 Å². The second-order valence-electron chi connectivity index (χ2n) is 7.85. The highest BCUT2D eigenvalue weighted by Gasteiger charge is 2.36. The Morgan fingerprint density at radius 3 is 2.29 bits per heavy atom. The van der Waals surface area contributed by atoms with Crippen LogP contribution in [0.3, 0.4) is 0 Å². The van der Waals surface area contributed by atoms with Crippen molar-refractivity contribution >= 4 is 28.8 Å². The molecule has 0 radical (unpaired) electrons. The van der Waals surface area contributed by atoms with E-state index in [2.05, 4.69) is 21.7 Å². The van der Waals surface area contributed by atoms with E-state index in [1.165, 1.54) is 0 Å². The molecule has 8 heteroatoms. The van der Waals surface area contributed by atoms with E-state index < -0.39 is 0 Å². The number of likely N-dealkylation sites (N-methyl/N-ethyl adjacent to an activating group) is 1. The Morgan fingerprint density at radius 2 is 1.57 bits per heavy atom. The lowest BCUT2D eigenvalue weighted by atomic mass is 10.1. The zero-order valence-corrected chi connectivity index (χ0v) is 16.3. The van der Waals surface area contributed by atoms with E-state index >= 15 is 0 Å². The van der Waals surface area contributed by atoms with E-state index in [-0.39, 0.29) is 12.1 Å². The molecule has 0 aliphatic carbocycles. The van der Waals surface area contributed by atoms with Crippen LogP contribution in [-0.4, -0.2) is 91.4 Å². The van der Waals surface area contributed by atoms with E-state index in [4.69, 9.17) is 14.7 Å². The maximum atomic E-state index is 12.0. The van der Waals surface area contributed by atoms with Crippen molar-refractivity contribution in [3.05, 3.63) is 24.3 Å². The van der Waals surface area contributed by atoms with Gasteiger partial charge in [0.25, 0.3) is 0 Å². The number of carbonyl (C=O) groups excluding carboxylic acids is 1. The van der Waals surface area contributed by atoms with Crippen molar-refractivity contribution < 1.29 is 9.53 Å². The summed E-state index contributed by atoms with van der Waals surface area (Å²) in [6.07, 6.45) is 0.687. The highest BCUT2D eigenvalue weighted by atomic mass is 16.6. The number of para-hydroxylation sites is 2. The number of rotatable bonds is 2. The van der Waals surface area contributed by atoms with E-state index in [1.807, 2.05) is 29.2 Å². The van der Waals surface area contributed by atoms with Crippen LogP contribution in [-0.2, 0) is 4.74 Å². The number of amides is 1. The fourth-order valence-corrected chi connectivity index (χ4v) is 4.32. The summed E-state index contributed by atoms with van der Waals surface area (Å²) < 4.78 is 5.20. The molecule has 0 spiro atoms. The predicted molar refractivity (Wildman–Crippen MR) is 108 cm³/mol. The second kappa shape index (κ2) is 7.09. The van der Waals surface area contributed by atoms with E-state index in [0.29, 0.717) is 13.2 Å². The molecular weight excluding hydrogens is 356 g/mol. The maximum absolute atomic E-state index is 12.0. The van der Waals surface area contributed by atoms with Gasteiger partial charge in [0, 0.05) is 52.2 Å².